The predicted molar refractivity (Wildman–Crippen MR) is 329 cm³/mol. The summed E-state index contributed by atoms with van der Waals surface area (Å²) >= 11 is 0. The van der Waals surface area contributed by atoms with Crippen LogP contribution in [0.1, 0.15) is 125 Å². The number of esters is 1. The summed E-state index contributed by atoms with van der Waals surface area (Å²) < 4.78 is 22.4. The highest BCUT2D eigenvalue weighted by atomic mass is 16.5. The summed E-state index contributed by atoms with van der Waals surface area (Å²) in [6.45, 7) is 10.5. The van der Waals surface area contributed by atoms with Crippen molar-refractivity contribution in [2.24, 2.45) is 0 Å². The summed E-state index contributed by atoms with van der Waals surface area (Å²) in [7, 11) is 0. The maximum absolute atomic E-state index is 12.0. The van der Waals surface area contributed by atoms with E-state index >= 15 is 0 Å². The zero-order chi connectivity index (χ0) is 59.2. The Morgan fingerprint density at radius 3 is 1.18 bits per heavy atom. The van der Waals surface area contributed by atoms with E-state index in [1.165, 1.54) is 73.7 Å². The first-order valence-corrected chi connectivity index (χ1v) is 27.4. The number of aliphatic hydroxyl groups excluding tert-OH is 3. The molecule has 3 aliphatic carbocycles. The molecule has 3 aliphatic rings. The maximum atomic E-state index is 12.0. The van der Waals surface area contributed by atoms with Crippen molar-refractivity contribution < 1.29 is 45.3 Å². The molecule has 0 saturated carbocycles. The van der Waals surface area contributed by atoms with Crippen LogP contribution >= 0.6 is 0 Å². The molecular weight excluding hydrogens is 1030 g/mol. The van der Waals surface area contributed by atoms with Crippen molar-refractivity contribution in [2.75, 3.05) is 46.2 Å². The lowest BCUT2D eigenvalue weighted by Gasteiger charge is -2.14. The molecule has 0 aromatic heterocycles. The van der Waals surface area contributed by atoms with E-state index in [1.807, 2.05) is 109 Å². The van der Waals surface area contributed by atoms with Gasteiger partial charge in [0.1, 0.15) is 19.8 Å². The lowest BCUT2D eigenvalue weighted by atomic mass is 9.98. The molecule has 0 atom stereocenters. The molecule has 1 amide bonds. The molecule has 9 rings (SSSR count). The molecule has 430 valence electrons. The minimum atomic E-state index is -0.975. The molecule has 6 aromatic carbocycles. The van der Waals surface area contributed by atoms with Crippen molar-refractivity contribution >= 4 is 18.5 Å². The standard InChI is InChI=1S/C22H25NO3.C16H14O2.C15H12O2.C7H11NO.C5H10O.C4H5N.CH4/c24-15-9-3-1-2-8-14-23-22(25)26-16-21-19-12-6-4-10-17(19)18-11-5-7-13-20(18)21;1-11(17)18-10-16-14-8-4-2-6-12(14)13-7-3-5-9-15(13)16;16-10-17-9-15-13-7-3-1-5-11(13)12-6-2-4-8-14(12)15;8-6-4-2-1-3-5-7-9;1-2-3-4-5-6;1-2-3-4-5;/h1-2,4-7,10-13,21,24H,3,8-9,14-16H2,(H,23,25);2-9,16H,10H2,1H3;1-8,10,15H,9H2;1-2,9H,3-5,7H2;2,6H,1,3-5H2;2H,1,3H2;1H4/i;;10T;;;;. The summed E-state index contributed by atoms with van der Waals surface area (Å²) in [5, 5.41) is 43.8. The molecule has 12 nitrogen and oxygen atoms in total. The van der Waals surface area contributed by atoms with Gasteiger partial charge in [0.15, 0.2) is 1.37 Å². The molecular formula is C70H81N3O9. The number of rotatable bonds is 20. The molecule has 0 spiro atoms. The third-order valence-electron chi connectivity index (χ3n) is 13.0. The molecule has 0 saturated heterocycles. The van der Waals surface area contributed by atoms with E-state index in [2.05, 4.69) is 91.3 Å². The van der Waals surface area contributed by atoms with Crippen LogP contribution in [0.2, 0.25) is 0 Å². The van der Waals surface area contributed by atoms with E-state index in [4.69, 9.17) is 41.4 Å². The number of hydrogen-bond donors (Lipinski definition) is 4. The smallest absolute Gasteiger partial charge is 0.407 e. The number of allylic oxidation sites excluding steroid dienone is 5. The number of hydrogen-bond acceptors (Lipinski definition) is 11. The molecule has 0 bridgehead atoms. The summed E-state index contributed by atoms with van der Waals surface area (Å²) in [6, 6.07) is 53.4. The lowest BCUT2D eigenvalue weighted by molar-refractivity contribution is -0.141. The van der Waals surface area contributed by atoms with Crippen molar-refractivity contribution in [3.05, 3.63) is 229 Å². The maximum Gasteiger partial charge on any atom is 0.407 e. The average Bonchev–Trinajstić information content (AvgIpc) is 3.94. The highest BCUT2D eigenvalue weighted by Gasteiger charge is 2.31. The number of ether oxygens (including phenoxy) is 3. The van der Waals surface area contributed by atoms with Crippen LogP contribution in [0.25, 0.3) is 33.4 Å². The predicted octanol–water partition coefficient (Wildman–Crippen LogP) is 14.5. The van der Waals surface area contributed by atoms with Gasteiger partial charge in [0.05, 0.1) is 25.0 Å². The van der Waals surface area contributed by atoms with Crippen LogP contribution in [-0.2, 0) is 23.8 Å². The van der Waals surface area contributed by atoms with Crippen molar-refractivity contribution in [3.8, 4) is 45.5 Å². The summed E-state index contributed by atoms with van der Waals surface area (Å²) in [5.74, 6) is 0.0800. The number of fused-ring (bicyclic) bond motifs is 9. The second-order valence-corrected chi connectivity index (χ2v) is 18.5. The third kappa shape index (κ3) is 21.8. The fraction of sp³-hybridized carbons (Fsp3) is 0.300. The molecule has 0 fully saturated rings. The Labute approximate surface area is 487 Å². The van der Waals surface area contributed by atoms with Gasteiger partial charge in [-0.1, -0.05) is 189 Å². The van der Waals surface area contributed by atoms with E-state index in [0.717, 1.165) is 44.9 Å². The number of benzene rings is 6. The minimum absolute atomic E-state index is 0. The van der Waals surface area contributed by atoms with E-state index in [-0.39, 0.29) is 63.7 Å². The quantitative estimate of drug-likeness (QED) is 0.0186. The van der Waals surface area contributed by atoms with E-state index in [1.54, 1.807) is 12.2 Å². The van der Waals surface area contributed by atoms with Crippen LogP contribution in [0.5, 0.6) is 0 Å². The number of nitrogens with one attached hydrogen (secondary N) is 1. The first-order valence-electron chi connectivity index (χ1n) is 27.9. The van der Waals surface area contributed by atoms with Crippen LogP contribution in [0.3, 0.4) is 0 Å². The highest BCUT2D eigenvalue weighted by Crippen LogP contribution is 2.46. The van der Waals surface area contributed by atoms with E-state index < -0.39 is 6.45 Å². The Kier molecular flexibility index (Phi) is 32.5. The number of nitriles is 2. The van der Waals surface area contributed by atoms with Gasteiger partial charge >= 0.3 is 12.1 Å². The van der Waals surface area contributed by atoms with Crippen LogP contribution in [0.4, 0.5) is 4.79 Å². The monoisotopic (exact) mass is 1110 g/mol. The average molecular weight is 1110 g/mol. The SMILES string of the molecule is C.C=CCC#N.C=CCCCO.CC(=O)OCC1c2ccccc2-c2ccccc21.N#CCC=CCCCO.O=C(NCCC=CCCCO)OCC1c2ccccc2-c2ccccc21.[3H]C(=O)OCC1c2ccccc2-c2ccccc21. The highest BCUT2D eigenvalue weighted by molar-refractivity contribution is 5.81. The summed E-state index contributed by atoms with van der Waals surface area (Å²) in [6.07, 6.45) is 16.6. The Bertz CT molecular complexity index is 2840. The molecule has 0 aliphatic heterocycles. The Balaban J connectivity index is 0.000000283. The van der Waals surface area contributed by atoms with Crippen LogP contribution in [0.15, 0.2) is 195 Å². The van der Waals surface area contributed by atoms with Crippen LogP contribution in [-0.4, -0.2) is 80.0 Å². The molecule has 0 heterocycles. The van der Waals surface area contributed by atoms with Gasteiger partial charge in [-0.3, -0.25) is 9.59 Å². The summed E-state index contributed by atoms with van der Waals surface area (Å²) in [4.78, 5) is 33.6. The largest absolute Gasteiger partial charge is 0.467 e. The number of unbranched alkanes of at least 4 members (excludes halogenated alkanes) is 3. The van der Waals surface area contributed by atoms with Gasteiger partial charge < -0.3 is 34.8 Å². The number of alkyl carbamates (subject to hydrolysis) is 1. The normalized spacial score (nSPS) is 11.8. The number of carbonyl (C=O) groups is 3. The number of nitrogens with zero attached hydrogens (tertiary/aromatic N) is 2. The Morgan fingerprint density at radius 1 is 0.524 bits per heavy atom. The molecule has 12 heteroatoms. The van der Waals surface area contributed by atoms with Gasteiger partial charge in [-0.05, 0) is 112 Å². The van der Waals surface area contributed by atoms with Crippen LogP contribution in [0, 0.1) is 22.7 Å². The second kappa shape index (κ2) is 40.5. The van der Waals surface area contributed by atoms with Crippen molar-refractivity contribution in [2.45, 2.75) is 89.9 Å². The summed E-state index contributed by atoms with van der Waals surface area (Å²) in [5.41, 5.74) is 14.6. The molecule has 0 radical (unpaired) electrons. The first kappa shape index (κ1) is 65.9. The van der Waals surface area contributed by atoms with E-state index in [0.29, 0.717) is 32.6 Å². The van der Waals surface area contributed by atoms with Gasteiger partial charge in [-0.2, -0.15) is 10.5 Å². The number of aliphatic hydroxyl groups is 3. The molecule has 6 aromatic rings. The second-order valence-electron chi connectivity index (χ2n) is 18.5. The van der Waals surface area contributed by atoms with Crippen LogP contribution < -0.4 is 5.32 Å². The minimum Gasteiger partial charge on any atom is -0.467 e. The number of carbonyl (C=O) groups excluding carboxylic acids is 3. The lowest BCUT2D eigenvalue weighted by Crippen LogP contribution is -2.26. The zero-order valence-corrected chi connectivity index (χ0v) is 46.5. The molecule has 4 N–H and O–H groups in total. The van der Waals surface area contributed by atoms with Gasteiger partial charge in [0.25, 0.3) is 6.45 Å². The Morgan fingerprint density at radius 2 is 0.866 bits per heavy atom. The van der Waals surface area contributed by atoms with Crippen molar-refractivity contribution in [3.63, 3.8) is 0 Å². The first-order chi connectivity index (χ1) is 40.1. The van der Waals surface area contributed by atoms with Crippen molar-refractivity contribution in [1.82, 2.24) is 5.32 Å². The van der Waals surface area contributed by atoms with Crippen molar-refractivity contribution in [1.29, 1.82) is 10.5 Å². The fourth-order valence-corrected chi connectivity index (χ4v) is 9.31. The van der Waals surface area contributed by atoms with Gasteiger partial charge in [-0.25, -0.2) is 4.79 Å². The van der Waals surface area contributed by atoms with E-state index in [9.17, 15) is 14.4 Å². The Hall–Kier alpha value is -8.65. The van der Waals surface area contributed by atoms with Gasteiger partial charge in [-0.15, -0.1) is 13.2 Å². The molecule has 82 heavy (non-hydrogen) atoms. The van der Waals surface area contributed by atoms with Gasteiger partial charge in [0, 0.05) is 51.0 Å². The molecule has 0 unspecified atom stereocenters. The number of amides is 1. The zero-order valence-electron chi connectivity index (χ0n) is 47.5. The topological polar surface area (TPSA) is 199 Å². The van der Waals surface area contributed by atoms with Gasteiger partial charge in [0.2, 0.25) is 0 Å². The third-order valence-corrected chi connectivity index (χ3v) is 13.0. The fourth-order valence-electron chi connectivity index (χ4n) is 9.31.